The third-order valence-electron chi connectivity index (χ3n) is 2.57. The summed E-state index contributed by atoms with van der Waals surface area (Å²) in [5, 5.41) is 0.121. The van der Waals surface area contributed by atoms with Gasteiger partial charge in [0.25, 0.3) is 0 Å². The number of benzene rings is 1. The van der Waals surface area contributed by atoms with E-state index in [9.17, 15) is 13.6 Å². The second-order valence-corrected chi connectivity index (χ2v) is 4.44. The number of ether oxygens (including phenoxy) is 2. The number of halogens is 3. The van der Waals surface area contributed by atoms with E-state index in [1.165, 1.54) is 19.1 Å². The topological polar surface area (TPSA) is 85.4 Å². The number of nitrogens with one attached hydrogen (secondary N) is 2. The van der Waals surface area contributed by atoms with Crippen LogP contribution in [0.1, 0.15) is 6.92 Å². The van der Waals surface area contributed by atoms with Crippen LogP contribution in [0.4, 0.5) is 14.6 Å². The molecule has 0 bridgehead atoms. The molecule has 0 saturated heterocycles. The average molecular weight is 317 g/mol. The van der Waals surface area contributed by atoms with E-state index in [0.717, 1.165) is 0 Å². The van der Waals surface area contributed by atoms with Crippen molar-refractivity contribution < 1.29 is 23.0 Å². The minimum Gasteiger partial charge on any atom is -0.395 e. The van der Waals surface area contributed by atoms with Crippen molar-refractivity contribution in [3.05, 3.63) is 17.4 Å². The number of amides is 1. The van der Waals surface area contributed by atoms with Crippen molar-refractivity contribution in [2.45, 2.75) is 13.2 Å². The number of hydrazine groups is 1. The van der Waals surface area contributed by atoms with Crippen molar-refractivity contribution >= 4 is 34.2 Å². The first-order valence-electron chi connectivity index (χ1n) is 5.64. The molecule has 7 nitrogen and oxygen atoms in total. The molecule has 0 saturated carbocycles. The SMILES string of the molecule is CC(=O)NNc1nc(Cl)nc2c3c(ccc12)OC(F)(F)O3. The molecule has 0 spiro atoms. The number of hydrogen-bond acceptors (Lipinski definition) is 6. The Morgan fingerprint density at radius 3 is 2.81 bits per heavy atom. The lowest BCUT2D eigenvalue weighted by atomic mass is 10.2. The zero-order valence-electron chi connectivity index (χ0n) is 10.4. The van der Waals surface area contributed by atoms with E-state index in [1.807, 2.05) is 0 Å². The van der Waals surface area contributed by atoms with Crippen LogP contribution in [0.25, 0.3) is 10.9 Å². The average Bonchev–Trinajstić information content (AvgIpc) is 2.70. The van der Waals surface area contributed by atoms with Crippen molar-refractivity contribution in [1.29, 1.82) is 0 Å². The monoisotopic (exact) mass is 316 g/mol. The number of anilines is 1. The smallest absolute Gasteiger partial charge is 0.395 e. The highest BCUT2D eigenvalue weighted by Gasteiger charge is 2.44. The summed E-state index contributed by atoms with van der Waals surface area (Å²) in [7, 11) is 0. The van der Waals surface area contributed by atoms with Crippen molar-refractivity contribution in [2.75, 3.05) is 5.43 Å². The number of carbonyl (C=O) groups excluding carboxylic acids is 1. The number of alkyl halides is 2. The molecule has 1 aromatic heterocycles. The molecule has 2 heterocycles. The highest BCUT2D eigenvalue weighted by atomic mass is 35.5. The molecule has 0 atom stereocenters. The van der Waals surface area contributed by atoms with Gasteiger partial charge in [-0.25, -0.2) is 4.98 Å². The Labute approximate surface area is 121 Å². The molecule has 1 aromatic carbocycles. The molecule has 3 rings (SSSR count). The molecule has 0 radical (unpaired) electrons. The summed E-state index contributed by atoms with van der Waals surface area (Å²) in [6.07, 6.45) is -3.76. The van der Waals surface area contributed by atoms with Gasteiger partial charge in [-0.1, -0.05) is 0 Å². The van der Waals surface area contributed by atoms with Gasteiger partial charge in [-0.05, 0) is 23.7 Å². The molecule has 1 aliphatic rings. The fourth-order valence-electron chi connectivity index (χ4n) is 1.81. The number of rotatable bonds is 2. The molecule has 110 valence electrons. The van der Waals surface area contributed by atoms with E-state index in [4.69, 9.17) is 11.6 Å². The Hall–Kier alpha value is -2.42. The summed E-state index contributed by atoms with van der Waals surface area (Å²) in [5.74, 6) is -0.632. The van der Waals surface area contributed by atoms with Gasteiger partial charge in [0, 0.05) is 12.3 Å². The fraction of sp³-hybridized carbons (Fsp3) is 0.182. The van der Waals surface area contributed by atoms with Crippen molar-refractivity contribution in [2.24, 2.45) is 0 Å². The van der Waals surface area contributed by atoms with Crippen molar-refractivity contribution in [3.63, 3.8) is 0 Å². The summed E-state index contributed by atoms with van der Waals surface area (Å²) in [4.78, 5) is 18.7. The first-order chi connectivity index (χ1) is 9.85. The third-order valence-corrected chi connectivity index (χ3v) is 2.73. The van der Waals surface area contributed by atoms with Crippen LogP contribution in [0.5, 0.6) is 11.5 Å². The van der Waals surface area contributed by atoms with Gasteiger partial charge >= 0.3 is 6.29 Å². The Morgan fingerprint density at radius 1 is 1.33 bits per heavy atom. The molecule has 2 N–H and O–H groups in total. The lowest BCUT2D eigenvalue weighted by Gasteiger charge is -2.10. The Morgan fingerprint density at radius 2 is 2.10 bits per heavy atom. The highest BCUT2D eigenvalue weighted by Crippen LogP contribution is 2.45. The van der Waals surface area contributed by atoms with Crippen LogP contribution in [0.15, 0.2) is 12.1 Å². The predicted molar refractivity (Wildman–Crippen MR) is 68.2 cm³/mol. The molecule has 0 unspecified atom stereocenters. The van der Waals surface area contributed by atoms with E-state index >= 15 is 0 Å². The number of fused-ring (bicyclic) bond motifs is 3. The van der Waals surface area contributed by atoms with Crippen LogP contribution >= 0.6 is 11.6 Å². The molecular formula is C11H7ClF2N4O3. The van der Waals surface area contributed by atoms with Gasteiger partial charge in [-0.2, -0.15) is 4.98 Å². The van der Waals surface area contributed by atoms with E-state index in [0.29, 0.717) is 5.39 Å². The van der Waals surface area contributed by atoms with Crippen LogP contribution in [-0.2, 0) is 4.79 Å². The summed E-state index contributed by atoms with van der Waals surface area (Å²) >= 11 is 5.75. The van der Waals surface area contributed by atoms with Gasteiger partial charge in [-0.3, -0.25) is 15.6 Å². The van der Waals surface area contributed by atoms with Gasteiger partial charge < -0.3 is 9.47 Å². The second-order valence-electron chi connectivity index (χ2n) is 4.10. The van der Waals surface area contributed by atoms with E-state index < -0.39 is 6.29 Å². The quantitative estimate of drug-likeness (QED) is 0.651. The summed E-state index contributed by atoms with van der Waals surface area (Å²) in [5.41, 5.74) is 4.87. The van der Waals surface area contributed by atoms with E-state index in [-0.39, 0.29) is 34.0 Å². The number of hydrogen-bond donors (Lipinski definition) is 2. The third kappa shape index (κ3) is 2.47. The molecule has 10 heteroatoms. The molecule has 1 aliphatic heterocycles. The normalized spacial score (nSPS) is 15.0. The van der Waals surface area contributed by atoms with Gasteiger partial charge in [0.05, 0.1) is 0 Å². The first-order valence-corrected chi connectivity index (χ1v) is 6.02. The first kappa shape index (κ1) is 13.6. The number of aromatic nitrogens is 2. The van der Waals surface area contributed by atoms with Crippen LogP contribution < -0.4 is 20.3 Å². The fourth-order valence-corrected chi connectivity index (χ4v) is 1.98. The zero-order chi connectivity index (χ0) is 15.2. The van der Waals surface area contributed by atoms with Crippen LogP contribution in [0.3, 0.4) is 0 Å². The van der Waals surface area contributed by atoms with Gasteiger partial charge in [0.15, 0.2) is 17.3 Å². The van der Waals surface area contributed by atoms with Crippen molar-refractivity contribution in [3.8, 4) is 11.5 Å². The summed E-state index contributed by atoms with van der Waals surface area (Å²) < 4.78 is 35.0. The maximum atomic E-state index is 13.1. The Bertz CT molecular complexity index is 756. The minimum absolute atomic E-state index is 0.0394. The molecular weight excluding hydrogens is 310 g/mol. The Kier molecular flexibility index (Phi) is 2.94. The van der Waals surface area contributed by atoms with Gasteiger partial charge in [0.2, 0.25) is 11.2 Å². The largest absolute Gasteiger partial charge is 0.586 e. The second kappa shape index (κ2) is 4.55. The molecule has 0 aliphatic carbocycles. The molecule has 21 heavy (non-hydrogen) atoms. The van der Waals surface area contributed by atoms with Gasteiger partial charge in [0.1, 0.15) is 5.52 Å². The molecule has 0 fully saturated rings. The maximum absolute atomic E-state index is 13.1. The lowest BCUT2D eigenvalue weighted by molar-refractivity contribution is -0.286. The maximum Gasteiger partial charge on any atom is 0.586 e. The van der Waals surface area contributed by atoms with Crippen LogP contribution in [-0.4, -0.2) is 22.2 Å². The van der Waals surface area contributed by atoms with Gasteiger partial charge in [-0.15, -0.1) is 8.78 Å². The van der Waals surface area contributed by atoms with Crippen LogP contribution in [0, 0.1) is 0 Å². The lowest BCUT2D eigenvalue weighted by Crippen LogP contribution is -2.27. The Balaban J connectivity index is 2.14. The number of nitrogens with zero attached hydrogens (tertiary/aromatic N) is 2. The predicted octanol–water partition coefficient (Wildman–Crippen LogP) is 2.07. The van der Waals surface area contributed by atoms with E-state index in [1.54, 1.807) is 0 Å². The standard InChI is InChI=1S/C11H7ClF2N4O3/c1-4(19)17-18-9-5-2-3-6-8(21-11(13,14)20-6)7(5)15-10(12)16-9/h2-3H,1H3,(H,17,19)(H,15,16,18). The molecule has 2 aromatic rings. The summed E-state index contributed by atoms with van der Waals surface area (Å²) in [6.45, 7) is 1.28. The minimum atomic E-state index is -3.76. The summed E-state index contributed by atoms with van der Waals surface area (Å²) in [6, 6.07) is 2.73. The van der Waals surface area contributed by atoms with Crippen molar-refractivity contribution in [1.82, 2.24) is 15.4 Å². The highest BCUT2D eigenvalue weighted by molar-refractivity contribution is 6.29. The zero-order valence-corrected chi connectivity index (χ0v) is 11.2. The number of carbonyl (C=O) groups is 1. The molecule has 1 amide bonds. The van der Waals surface area contributed by atoms with E-state index in [2.05, 4.69) is 30.3 Å². The van der Waals surface area contributed by atoms with Crippen LogP contribution in [0.2, 0.25) is 5.28 Å².